The number of nitrogens with zero attached hydrogens (tertiary/aromatic N) is 5. The van der Waals surface area contributed by atoms with Crippen LogP contribution in [0, 0.1) is 17.1 Å². The maximum absolute atomic E-state index is 15.4. The fourth-order valence-electron chi connectivity index (χ4n) is 6.93. The Bertz CT molecular complexity index is 2760. The Hall–Kier alpha value is -7.23. The van der Waals surface area contributed by atoms with Crippen LogP contribution in [0.1, 0.15) is 5.56 Å². The number of nitriles is 1. The van der Waals surface area contributed by atoms with Gasteiger partial charge in [0.1, 0.15) is 5.82 Å². The van der Waals surface area contributed by atoms with Crippen LogP contribution in [0.25, 0.3) is 83.9 Å². The highest BCUT2D eigenvalue weighted by Crippen LogP contribution is 2.40. The van der Waals surface area contributed by atoms with E-state index in [2.05, 4.69) is 41.0 Å². The van der Waals surface area contributed by atoms with E-state index >= 15 is 4.39 Å². The molecule has 0 N–H and O–H groups in total. The highest BCUT2D eigenvalue weighted by Gasteiger charge is 2.21. The molecule has 0 spiro atoms. The fourth-order valence-corrected chi connectivity index (χ4v) is 6.93. The number of para-hydroxylation sites is 1. The zero-order chi connectivity index (χ0) is 35.0. The molecule has 52 heavy (non-hydrogen) atoms. The second kappa shape index (κ2) is 12.9. The molecule has 0 unspecified atom stereocenters. The van der Waals surface area contributed by atoms with Gasteiger partial charge < -0.3 is 4.57 Å². The zero-order valence-corrected chi connectivity index (χ0v) is 27.8. The van der Waals surface area contributed by atoms with Crippen LogP contribution < -0.4 is 0 Å². The lowest BCUT2D eigenvalue weighted by atomic mass is 9.99. The third kappa shape index (κ3) is 5.38. The molecule has 0 saturated carbocycles. The van der Waals surface area contributed by atoms with E-state index in [9.17, 15) is 5.26 Å². The lowest BCUT2D eigenvalue weighted by Crippen LogP contribution is -2.04. The predicted octanol–water partition coefficient (Wildman–Crippen LogP) is 11.3. The standard InChI is InChI=1S/C46H28FN5/c47-40-21-11-9-19-36(40)33-24-26-39(46-50-44(30-13-3-1-4-14-30)49-45(51-46)31-15-5-2-6-16-31)43(28-33)52-41-22-12-10-20-37(41)38-25-23-32(27-42(38)52)35-18-8-7-17-34(35)29-48/h1-28H. The summed E-state index contributed by atoms with van der Waals surface area (Å²) >= 11 is 0. The van der Waals surface area contributed by atoms with Crippen LogP contribution in [0.4, 0.5) is 4.39 Å². The number of hydrogen-bond acceptors (Lipinski definition) is 4. The molecule has 0 aliphatic heterocycles. The molecule has 0 saturated heterocycles. The Morgan fingerprint density at radius 2 is 1.00 bits per heavy atom. The summed E-state index contributed by atoms with van der Waals surface area (Å²) in [5, 5.41) is 12.1. The molecule has 2 aromatic heterocycles. The first-order valence-corrected chi connectivity index (χ1v) is 17.0. The van der Waals surface area contributed by atoms with E-state index in [-0.39, 0.29) is 5.82 Å². The van der Waals surface area contributed by atoms with Crippen molar-refractivity contribution < 1.29 is 4.39 Å². The van der Waals surface area contributed by atoms with E-state index in [1.807, 2.05) is 121 Å². The van der Waals surface area contributed by atoms with E-state index in [0.717, 1.165) is 60.9 Å². The van der Waals surface area contributed by atoms with Crippen molar-refractivity contribution >= 4 is 21.8 Å². The van der Waals surface area contributed by atoms with Gasteiger partial charge in [-0.05, 0) is 53.1 Å². The number of fused-ring (bicyclic) bond motifs is 3. The van der Waals surface area contributed by atoms with Gasteiger partial charge in [-0.3, -0.25) is 0 Å². The molecule has 0 fully saturated rings. The van der Waals surface area contributed by atoms with Gasteiger partial charge in [0.25, 0.3) is 0 Å². The number of halogens is 1. The number of rotatable bonds is 6. The molecular weight excluding hydrogens is 642 g/mol. The van der Waals surface area contributed by atoms with Gasteiger partial charge in [0.2, 0.25) is 0 Å². The van der Waals surface area contributed by atoms with Crippen molar-refractivity contribution in [3.63, 3.8) is 0 Å². The average Bonchev–Trinajstić information content (AvgIpc) is 3.55. The lowest BCUT2D eigenvalue weighted by molar-refractivity contribution is 0.631. The van der Waals surface area contributed by atoms with Gasteiger partial charge >= 0.3 is 0 Å². The average molecular weight is 670 g/mol. The Kier molecular flexibility index (Phi) is 7.64. The van der Waals surface area contributed by atoms with Crippen LogP contribution in [0.5, 0.6) is 0 Å². The van der Waals surface area contributed by atoms with E-state index < -0.39 is 0 Å². The van der Waals surface area contributed by atoms with Crippen LogP contribution in [0.2, 0.25) is 0 Å². The first kappa shape index (κ1) is 30.8. The van der Waals surface area contributed by atoms with Crippen LogP contribution in [0.3, 0.4) is 0 Å². The minimum atomic E-state index is -0.309. The van der Waals surface area contributed by atoms with Crippen LogP contribution in [0.15, 0.2) is 170 Å². The molecule has 9 rings (SSSR count). The Labute approximate surface area is 299 Å². The third-order valence-corrected chi connectivity index (χ3v) is 9.40. The minimum Gasteiger partial charge on any atom is -0.308 e. The summed E-state index contributed by atoms with van der Waals surface area (Å²) < 4.78 is 17.6. The summed E-state index contributed by atoms with van der Waals surface area (Å²) in [7, 11) is 0. The second-order valence-electron chi connectivity index (χ2n) is 12.5. The second-order valence-corrected chi connectivity index (χ2v) is 12.5. The fraction of sp³-hybridized carbons (Fsp3) is 0. The van der Waals surface area contributed by atoms with Gasteiger partial charge in [-0.15, -0.1) is 0 Å². The van der Waals surface area contributed by atoms with Gasteiger partial charge in [0, 0.05) is 33.0 Å². The summed E-state index contributed by atoms with van der Waals surface area (Å²) in [6.07, 6.45) is 0. The Balaban J connectivity index is 1.37. The van der Waals surface area contributed by atoms with Crippen molar-refractivity contribution in [3.05, 3.63) is 181 Å². The van der Waals surface area contributed by atoms with E-state index in [1.165, 1.54) is 6.07 Å². The first-order chi connectivity index (χ1) is 25.7. The summed E-state index contributed by atoms with van der Waals surface area (Å²) in [5.41, 5.74) is 8.73. The number of benzene rings is 7. The molecule has 9 aromatic rings. The van der Waals surface area contributed by atoms with Crippen molar-refractivity contribution in [3.8, 4) is 68.2 Å². The molecule has 2 heterocycles. The molecule has 5 nitrogen and oxygen atoms in total. The molecule has 0 bridgehead atoms. The molecule has 0 radical (unpaired) electrons. The molecule has 6 heteroatoms. The summed E-state index contributed by atoms with van der Waals surface area (Å²) in [6.45, 7) is 0. The highest BCUT2D eigenvalue weighted by atomic mass is 19.1. The van der Waals surface area contributed by atoms with Crippen LogP contribution >= 0.6 is 0 Å². The maximum Gasteiger partial charge on any atom is 0.166 e. The predicted molar refractivity (Wildman–Crippen MR) is 206 cm³/mol. The van der Waals surface area contributed by atoms with Gasteiger partial charge in [0.15, 0.2) is 17.5 Å². The number of hydrogen-bond donors (Lipinski definition) is 0. The molecular formula is C46H28FN5. The Morgan fingerprint density at radius 3 is 1.71 bits per heavy atom. The quantitative estimate of drug-likeness (QED) is 0.177. The van der Waals surface area contributed by atoms with Crippen LogP contribution in [-0.2, 0) is 0 Å². The van der Waals surface area contributed by atoms with Gasteiger partial charge in [-0.25, -0.2) is 19.3 Å². The minimum absolute atomic E-state index is 0.309. The van der Waals surface area contributed by atoms with E-state index in [0.29, 0.717) is 28.6 Å². The van der Waals surface area contributed by atoms with Gasteiger partial charge in [0.05, 0.1) is 28.4 Å². The van der Waals surface area contributed by atoms with Crippen LogP contribution in [-0.4, -0.2) is 19.5 Å². The Morgan fingerprint density at radius 1 is 0.442 bits per heavy atom. The smallest absolute Gasteiger partial charge is 0.166 e. The van der Waals surface area contributed by atoms with Crippen molar-refractivity contribution in [2.75, 3.05) is 0 Å². The summed E-state index contributed by atoms with van der Waals surface area (Å²) in [5.74, 6) is 1.27. The van der Waals surface area contributed by atoms with Crippen molar-refractivity contribution in [1.29, 1.82) is 5.26 Å². The number of aromatic nitrogens is 4. The maximum atomic E-state index is 15.4. The molecule has 0 amide bonds. The molecule has 0 aliphatic carbocycles. The molecule has 0 atom stereocenters. The van der Waals surface area contributed by atoms with E-state index in [1.54, 1.807) is 12.1 Å². The van der Waals surface area contributed by atoms with E-state index in [4.69, 9.17) is 15.0 Å². The first-order valence-electron chi connectivity index (χ1n) is 17.0. The zero-order valence-electron chi connectivity index (χ0n) is 27.8. The van der Waals surface area contributed by atoms with Crippen molar-refractivity contribution in [1.82, 2.24) is 19.5 Å². The lowest BCUT2D eigenvalue weighted by Gasteiger charge is -2.17. The topological polar surface area (TPSA) is 67.4 Å². The molecule has 244 valence electrons. The molecule has 0 aliphatic rings. The largest absolute Gasteiger partial charge is 0.308 e. The van der Waals surface area contributed by atoms with Gasteiger partial charge in [-0.2, -0.15) is 5.26 Å². The SMILES string of the molecule is N#Cc1ccccc1-c1ccc2c3ccccc3n(-c3cc(-c4ccccc4F)ccc3-c3nc(-c4ccccc4)nc(-c4ccccc4)n3)c2c1. The molecule has 7 aromatic carbocycles. The van der Waals surface area contributed by atoms with Crippen molar-refractivity contribution in [2.45, 2.75) is 0 Å². The third-order valence-electron chi connectivity index (χ3n) is 9.40. The van der Waals surface area contributed by atoms with Crippen molar-refractivity contribution in [2.24, 2.45) is 0 Å². The normalized spacial score (nSPS) is 11.2. The summed E-state index contributed by atoms with van der Waals surface area (Å²) in [4.78, 5) is 15.1. The monoisotopic (exact) mass is 669 g/mol. The summed E-state index contributed by atoms with van der Waals surface area (Å²) in [6, 6.07) is 57.0. The highest BCUT2D eigenvalue weighted by molar-refractivity contribution is 6.11. The van der Waals surface area contributed by atoms with Gasteiger partial charge in [-0.1, -0.05) is 133 Å².